The maximum atomic E-state index is 12.3. The van der Waals surface area contributed by atoms with Gasteiger partial charge in [0.1, 0.15) is 11.4 Å². The van der Waals surface area contributed by atoms with Crippen molar-refractivity contribution >= 4 is 17.7 Å². The number of nitrogens with zero attached hydrogens (tertiary/aromatic N) is 2. The molecule has 0 bridgehead atoms. The molecular weight excluding hydrogens is 350 g/mol. The highest BCUT2D eigenvalue weighted by Gasteiger charge is 2.15. The van der Waals surface area contributed by atoms with E-state index in [0.29, 0.717) is 23.2 Å². The standard InChI is InChI=1S/C18H21N5O4/c1-23-18(26)13(17(25)21-9-3-4-15(24)27-2)10-14(22-23)11-5-7-12(8-6-11)16(19)20/h5-8,10H,3-4,9H2,1-2H3,(H3,19,20)(H,21,25). The molecule has 0 aliphatic heterocycles. The number of carbonyl (C=O) groups excluding carboxylic acids is 2. The first kappa shape index (κ1) is 19.8. The Kier molecular flexibility index (Phi) is 6.42. The Labute approximate surface area is 155 Å². The van der Waals surface area contributed by atoms with Gasteiger partial charge in [-0.3, -0.25) is 19.8 Å². The molecule has 1 heterocycles. The lowest BCUT2D eigenvalue weighted by Gasteiger charge is -2.09. The predicted octanol–water partition coefficient (Wildman–Crippen LogP) is 0.414. The largest absolute Gasteiger partial charge is 0.469 e. The van der Waals surface area contributed by atoms with E-state index >= 15 is 0 Å². The SMILES string of the molecule is COC(=O)CCCNC(=O)c1cc(-c2ccc(C(=N)N)cc2)nn(C)c1=O. The molecule has 27 heavy (non-hydrogen) atoms. The van der Waals surface area contributed by atoms with Crippen molar-refractivity contribution in [3.05, 3.63) is 51.8 Å². The first-order valence-corrected chi connectivity index (χ1v) is 8.21. The van der Waals surface area contributed by atoms with Crippen molar-refractivity contribution in [1.82, 2.24) is 15.1 Å². The van der Waals surface area contributed by atoms with Gasteiger partial charge in [-0.05, 0) is 12.5 Å². The fraction of sp³-hybridized carbons (Fsp3) is 0.278. The highest BCUT2D eigenvalue weighted by atomic mass is 16.5. The quantitative estimate of drug-likeness (QED) is 0.279. The third kappa shape index (κ3) is 5.00. The average molecular weight is 371 g/mol. The van der Waals surface area contributed by atoms with Crippen LogP contribution in [-0.4, -0.2) is 41.1 Å². The lowest BCUT2D eigenvalue weighted by molar-refractivity contribution is -0.140. The molecule has 142 valence electrons. The van der Waals surface area contributed by atoms with Crippen LogP contribution in [0.2, 0.25) is 0 Å². The number of nitrogens with one attached hydrogen (secondary N) is 2. The zero-order chi connectivity index (χ0) is 20.0. The third-order valence-corrected chi connectivity index (χ3v) is 3.87. The zero-order valence-corrected chi connectivity index (χ0v) is 15.1. The van der Waals surface area contributed by atoms with Crippen LogP contribution in [0.3, 0.4) is 0 Å². The van der Waals surface area contributed by atoms with E-state index in [1.54, 1.807) is 24.3 Å². The van der Waals surface area contributed by atoms with Crippen LogP contribution in [0.5, 0.6) is 0 Å². The smallest absolute Gasteiger partial charge is 0.305 e. The second-order valence-corrected chi connectivity index (χ2v) is 5.80. The van der Waals surface area contributed by atoms with E-state index < -0.39 is 11.5 Å². The van der Waals surface area contributed by atoms with Crippen molar-refractivity contribution in [2.45, 2.75) is 12.8 Å². The summed E-state index contributed by atoms with van der Waals surface area (Å²) in [5.74, 6) is -0.952. The molecule has 2 aromatic rings. The summed E-state index contributed by atoms with van der Waals surface area (Å²) in [6.45, 7) is 0.238. The fourth-order valence-corrected chi connectivity index (χ4v) is 2.36. The van der Waals surface area contributed by atoms with Gasteiger partial charge in [0.05, 0.1) is 12.8 Å². The Morgan fingerprint density at radius 1 is 1.30 bits per heavy atom. The Balaban J connectivity index is 2.20. The number of hydrogen-bond donors (Lipinski definition) is 3. The molecule has 2 rings (SSSR count). The van der Waals surface area contributed by atoms with Gasteiger partial charge >= 0.3 is 5.97 Å². The molecule has 0 radical (unpaired) electrons. The molecular formula is C18H21N5O4. The van der Waals surface area contributed by atoms with Crippen molar-refractivity contribution in [2.24, 2.45) is 12.8 Å². The first-order chi connectivity index (χ1) is 12.8. The summed E-state index contributed by atoms with van der Waals surface area (Å²) in [4.78, 5) is 35.7. The maximum Gasteiger partial charge on any atom is 0.305 e. The number of benzene rings is 1. The first-order valence-electron chi connectivity index (χ1n) is 8.21. The number of hydrogen-bond acceptors (Lipinski definition) is 6. The molecule has 0 atom stereocenters. The molecule has 4 N–H and O–H groups in total. The van der Waals surface area contributed by atoms with Crippen LogP contribution in [0.4, 0.5) is 0 Å². The lowest BCUT2D eigenvalue weighted by atomic mass is 10.1. The topological polar surface area (TPSA) is 140 Å². The van der Waals surface area contributed by atoms with Gasteiger partial charge in [0.2, 0.25) is 0 Å². The molecule has 0 fully saturated rings. The summed E-state index contributed by atoms with van der Waals surface area (Å²) in [7, 11) is 2.76. The van der Waals surface area contributed by atoms with Gasteiger partial charge in [0.15, 0.2) is 0 Å². The molecule has 0 saturated carbocycles. The van der Waals surface area contributed by atoms with Gasteiger partial charge in [0, 0.05) is 31.1 Å². The highest BCUT2D eigenvalue weighted by molar-refractivity contribution is 5.96. The number of nitrogens with two attached hydrogens (primary N) is 1. The molecule has 0 spiro atoms. The lowest BCUT2D eigenvalue weighted by Crippen LogP contribution is -2.34. The molecule has 0 saturated heterocycles. The van der Waals surface area contributed by atoms with Gasteiger partial charge in [-0.25, -0.2) is 4.68 Å². The average Bonchev–Trinajstić information content (AvgIpc) is 2.66. The van der Waals surface area contributed by atoms with E-state index in [1.807, 2.05) is 0 Å². The third-order valence-electron chi connectivity index (χ3n) is 3.87. The van der Waals surface area contributed by atoms with Crippen LogP contribution < -0.4 is 16.6 Å². The number of esters is 1. The van der Waals surface area contributed by atoms with E-state index in [9.17, 15) is 14.4 Å². The van der Waals surface area contributed by atoms with Gasteiger partial charge in [-0.15, -0.1) is 0 Å². The van der Waals surface area contributed by atoms with Crippen molar-refractivity contribution < 1.29 is 14.3 Å². The molecule has 0 aliphatic carbocycles. The van der Waals surface area contributed by atoms with Crippen LogP contribution in [0.1, 0.15) is 28.8 Å². The highest BCUT2D eigenvalue weighted by Crippen LogP contribution is 2.17. The van der Waals surface area contributed by atoms with E-state index in [0.717, 1.165) is 4.68 Å². The maximum absolute atomic E-state index is 12.3. The Bertz CT molecular complexity index is 918. The number of amidine groups is 1. The minimum atomic E-state index is -0.538. The number of nitrogen functional groups attached to an aromatic ring is 1. The summed E-state index contributed by atoms with van der Waals surface area (Å²) in [6.07, 6.45) is 0.585. The molecule has 1 aromatic heterocycles. The summed E-state index contributed by atoms with van der Waals surface area (Å²) < 4.78 is 5.63. The van der Waals surface area contributed by atoms with Crippen LogP contribution in [0.25, 0.3) is 11.3 Å². The number of amides is 1. The van der Waals surface area contributed by atoms with Crippen LogP contribution in [0.15, 0.2) is 35.1 Å². The molecule has 1 amide bonds. The molecule has 0 aliphatic rings. The van der Waals surface area contributed by atoms with Crippen LogP contribution in [-0.2, 0) is 16.6 Å². The van der Waals surface area contributed by atoms with Crippen molar-refractivity contribution in [2.75, 3.05) is 13.7 Å². The number of carbonyl (C=O) groups is 2. The number of aryl methyl sites for hydroxylation is 1. The molecule has 0 unspecified atom stereocenters. The summed E-state index contributed by atoms with van der Waals surface area (Å²) in [6, 6.07) is 8.16. The van der Waals surface area contributed by atoms with E-state index in [-0.39, 0.29) is 30.3 Å². The molecule has 9 heteroatoms. The number of rotatable bonds is 7. The Morgan fingerprint density at radius 3 is 2.56 bits per heavy atom. The number of aromatic nitrogens is 2. The van der Waals surface area contributed by atoms with Crippen molar-refractivity contribution in [3.63, 3.8) is 0 Å². The van der Waals surface area contributed by atoms with Gasteiger partial charge < -0.3 is 15.8 Å². The minimum absolute atomic E-state index is 0.0452. The molecule has 9 nitrogen and oxygen atoms in total. The fourth-order valence-electron chi connectivity index (χ4n) is 2.36. The second kappa shape index (κ2) is 8.75. The van der Waals surface area contributed by atoms with Gasteiger partial charge in [0.25, 0.3) is 11.5 Å². The van der Waals surface area contributed by atoms with Gasteiger partial charge in [-0.2, -0.15) is 5.10 Å². The van der Waals surface area contributed by atoms with Crippen LogP contribution in [0, 0.1) is 5.41 Å². The van der Waals surface area contributed by atoms with Crippen molar-refractivity contribution in [1.29, 1.82) is 5.41 Å². The number of methoxy groups -OCH3 is 1. The summed E-state index contributed by atoms with van der Waals surface area (Å²) in [5.41, 5.74) is 6.54. The minimum Gasteiger partial charge on any atom is -0.469 e. The summed E-state index contributed by atoms with van der Waals surface area (Å²) >= 11 is 0. The Hall–Kier alpha value is -3.49. The van der Waals surface area contributed by atoms with E-state index in [4.69, 9.17) is 11.1 Å². The zero-order valence-electron chi connectivity index (χ0n) is 15.1. The van der Waals surface area contributed by atoms with Crippen LogP contribution >= 0.6 is 0 Å². The van der Waals surface area contributed by atoms with Crippen molar-refractivity contribution in [3.8, 4) is 11.3 Å². The Morgan fingerprint density at radius 2 is 1.96 bits per heavy atom. The van der Waals surface area contributed by atoms with E-state index in [2.05, 4.69) is 15.2 Å². The second-order valence-electron chi connectivity index (χ2n) is 5.80. The predicted molar refractivity (Wildman–Crippen MR) is 99.5 cm³/mol. The van der Waals surface area contributed by atoms with E-state index in [1.165, 1.54) is 20.2 Å². The molecule has 1 aromatic carbocycles. The monoisotopic (exact) mass is 371 g/mol. The van der Waals surface area contributed by atoms with Gasteiger partial charge in [-0.1, -0.05) is 24.3 Å². The number of ether oxygens (including phenoxy) is 1. The normalized spacial score (nSPS) is 10.3. The summed E-state index contributed by atoms with van der Waals surface area (Å²) in [5, 5.41) is 14.2.